The largest absolute Gasteiger partial charge is 0.367 e. The zero-order valence-electron chi connectivity index (χ0n) is 6.10. The van der Waals surface area contributed by atoms with E-state index in [9.17, 15) is 14.0 Å². The van der Waals surface area contributed by atoms with Crippen LogP contribution in [0.2, 0.25) is 0 Å². The summed E-state index contributed by atoms with van der Waals surface area (Å²) >= 11 is 0. The fourth-order valence-corrected chi connectivity index (χ4v) is 1.24. The molecule has 1 rings (SSSR count). The van der Waals surface area contributed by atoms with Gasteiger partial charge in [-0.2, -0.15) is 4.39 Å². The van der Waals surface area contributed by atoms with Crippen LogP contribution >= 0.6 is 0 Å². The number of hydrogen-bond donors (Lipinski definition) is 1. The van der Waals surface area contributed by atoms with Crippen LogP contribution in [-0.2, 0) is 9.59 Å². The third kappa shape index (κ3) is 2.08. The summed E-state index contributed by atoms with van der Waals surface area (Å²) in [7, 11) is 0. The molecule has 0 amide bonds. The summed E-state index contributed by atoms with van der Waals surface area (Å²) in [5, 5.41) is 3.02. The van der Waals surface area contributed by atoms with Crippen LogP contribution in [0.1, 0.15) is 12.8 Å². The lowest BCUT2D eigenvalue weighted by molar-refractivity contribution is -0.146. The maximum Gasteiger partial charge on any atom is 0.367 e. The first kappa shape index (κ1) is 8.33. The van der Waals surface area contributed by atoms with Gasteiger partial charge in [-0.25, -0.2) is 0 Å². The lowest BCUT2D eigenvalue weighted by Crippen LogP contribution is -2.33. The molecule has 0 aromatic rings. The lowest BCUT2D eigenvalue weighted by atomic mass is 9.94. The maximum atomic E-state index is 11.9. The highest BCUT2D eigenvalue weighted by Gasteiger charge is 2.26. The van der Waals surface area contributed by atoms with Crippen molar-refractivity contribution in [2.45, 2.75) is 12.8 Å². The van der Waals surface area contributed by atoms with Crippen LogP contribution in [0, 0.1) is 5.92 Å². The Morgan fingerprint density at radius 1 is 1.27 bits per heavy atom. The molecule has 0 unspecified atom stereocenters. The highest BCUT2D eigenvalue weighted by molar-refractivity contribution is 6.33. The molecule has 0 spiro atoms. The molecule has 62 valence electrons. The number of hydrogen-bond acceptors (Lipinski definition) is 3. The van der Waals surface area contributed by atoms with Crippen LogP contribution in [0.25, 0.3) is 0 Å². The van der Waals surface area contributed by atoms with Gasteiger partial charge in [-0.3, -0.25) is 9.59 Å². The second-order valence-electron chi connectivity index (χ2n) is 2.66. The molecule has 11 heavy (non-hydrogen) atoms. The van der Waals surface area contributed by atoms with Gasteiger partial charge in [0.05, 0.1) is 0 Å². The van der Waals surface area contributed by atoms with Crippen molar-refractivity contribution in [1.82, 2.24) is 5.32 Å². The van der Waals surface area contributed by atoms with E-state index < -0.39 is 11.8 Å². The maximum absolute atomic E-state index is 11.9. The van der Waals surface area contributed by atoms with E-state index in [0.29, 0.717) is 25.9 Å². The summed E-state index contributed by atoms with van der Waals surface area (Å²) in [6.45, 7) is 1.40. The van der Waals surface area contributed by atoms with Crippen LogP contribution in [0.15, 0.2) is 0 Å². The average Bonchev–Trinajstić information content (AvgIpc) is 2.05. The van der Waals surface area contributed by atoms with Crippen molar-refractivity contribution in [3.8, 4) is 0 Å². The summed E-state index contributed by atoms with van der Waals surface area (Å²) in [6.07, 6.45) is 1.16. The van der Waals surface area contributed by atoms with Crippen LogP contribution in [0.5, 0.6) is 0 Å². The molecule has 0 atom stereocenters. The molecule has 0 saturated carbocycles. The molecule has 0 aromatic heterocycles. The first-order valence-corrected chi connectivity index (χ1v) is 3.66. The highest BCUT2D eigenvalue weighted by Crippen LogP contribution is 2.13. The van der Waals surface area contributed by atoms with Crippen molar-refractivity contribution in [2.75, 3.05) is 13.1 Å². The van der Waals surface area contributed by atoms with E-state index in [-0.39, 0.29) is 5.92 Å². The topological polar surface area (TPSA) is 46.2 Å². The highest BCUT2D eigenvalue weighted by atomic mass is 19.1. The Balaban J connectivity index is 2.45. The van der Waals surface area contributed by atoms with E-state index in [4.69, 9.17) is 0 Å². The van der Waals surface area contributed by atoms with Crippen molar-refractivity contribution in [3.63, 3.8) is 0 Å². The minimum atomic E-state index is -1.79. The molecule has 1 fully saturated rings. The summed E-state index contributed by atoms with van der Waals surface area (Å²) < 4.78 is 11.9. The lowest BCUT2D eigenvalue weighted by Gasteiger charge is -2.18. The zero-order valence-corrected chi connectivity index (χ0v) is 6.10. The van der Waals surface area contributed by atoms with E-state index >= 15 is 0 Å². The summed E-state index contributed by atoms with van der Waals surface area (Å²) in [5.74, 6) is -1.24. The van der Waals surface area contributed by atoms with E-state index in [1.165, 1.54) is 0 Å². The molecule has 1 heterocycles. The zero-order chi connectivity index (χ0) is 8.27. The molecule has 0 aromatic carbocycles. The van der Waals surface area contributed by atoms with Gasteiger partial charge < -0.3 is 5.32 Å². The normalized spacial score (nSPS) is 19.7. The number of carbonyl (C=O) groups is 2. The molecular formula is C7H10FNO2. The van der Waals surface area contributed by atoms with Crippen molar-refractivity contribution < 1.29 is 14.0 Å². The van der Waals surface area contributed by atoms with Crippen molar-refractivity contribution in [3.05, 3.63) is 0 Å². The number of halogens is 1. The van der Waals surface area contributed by atoms with Crippen molar-refractivity contribution >= 4 is 11.8 Å². The molecule has 1 aliphatic rings. The monoisotopic (exact) mass is 159 g/mol. The van der Waals surface area contributed by atoms with Gasteiger partial charge in [0.1, 0.15) is 0 Å². The van der Waals surface area contributed by atoms with Crippen LogP contribution in [-0.4, -0.2) is 24.9 Å². The quantitative estimate of drug-likeness (QED) is 0.457. The number of carbonyl (C=O) groups excluding carboxylic acids is 2. The molecule has 0 aliphatic carbocycles. The smallest absolute Gasteiger partial charge is 0.317 e. The second-order valence-corrected chi connectivity index (χ2v) is 2.66. The first-order chi connectivity index (χ1) is 5.22. The van der Waals surface area contributed by atoms with E-state index in [1.807, 2.05) is 0 Å². The number of rotatable bonds is 2. The SMILES string of the molecule is O=C(F)C(=O)C1CCNCC1. The minimum Gasteiger partial charge on any atom is -0.317 e. The van der Waals surface area contributed by atoms with Crippen molar-refractivity contribution in [2.24, 2.45) is 5.92 Å². The number of piperidine rings is 1. The van der Waals surface area contributed by atoms with E-state index in [1.54, 1.807) is 0 Å². The van der Waals surface area contributed by atoms with E-state index in [2.05, 4.69) is 5.32 Å². The van der Waals surface area contributed by atoms with Gasteiger partial charge in [-0.05, 0) is 25.9 Å². The van der Waals surface area contributed by atoms with Crippen LogP contribution in [0.3, 0.4) is 0 Å². The Morgan fingerprint density at radius 3 is 2.27 bits per heavy atom. The Bertz CT molecular complexity index is 175. The average molecular weight is 159 g/mol. The standard InChI is InChI=1S/C7H10FNO2/c8-7(11)6(10)5-1-3-9-4-2-5/h5,9H,1-4H2. The summed E-state index contributed by atoms with van der Waals surface area (Å²) in [6, 6.07) is -1.79. The molecule has 4 heteroatoms. The summed E-state index contributed by atoms with van der Waals surface area (Å²) in [5.41, 5.74) is 0. The summed E-state index contributed by atoms with van der Waals surface area (Å²) in [4.78, 5) is 20.8. The Labute approximate surface area is 64.0 Å². The van der Waals surface area contributed by atoms with Crippen molar-refractivity contribution in [1.29, 1.82) is 0 Å². The van der Waals surface area contributed by atoms with Gasteiger partial charge in [-0.15, -0.1) is 0 Å². The molecule has 3 nitrogen and oxygen atoms in total. The minimum absolute atomic E-state index is 0.381. The molecule has 1 N–H and O–H groups in total. The molecule has 1 saturated heterocycles. The van der Waals surface area contributed by atoms with Gasteiger partial charge in [0.15, 0.2) is 0 Å². The molecule has 0 bridgehead atoms. The number of Topliss-reactive ketones (excluding diaryl/α,β-unsaturated/α-hetero) is 1. The van der Waals surface area contributed by atoms with Gasteiger partial charge in [0, 0.05) is 5.92 Å². The molecular weight excluding hydrogens is 149 g/mol. The Kier molecular flexibility index (Phi) is 2.70. The Morgan fingerprint density at radius 2 is 1.82 bits per heavy atom. The first-order valence-electron chi connectivity index (χ1n) is 3.66. The molecule has 1 aliphatic heterocycles. The van der Waals surface area contributed by atoms with Crippen LogP contribution in [0.4, 0.5) is 4.39 Å². The van der Waals surface area contributed by atoms with Gasteiger partial charge in [-0.1, -0.05) is 0 Å². The fourth-order valence-electron chi connectivity index (χ4n) is 1.24. The van der Waals surface area contributed by atoms with E-state index in [0.717, 1.165) is 0 Å². The molecule has 0 radical (unpaired) electrons. The van der Waals surface area contributed by atoms with Gasteiger partial charge >= 0.3 is 6.04 Å². The van der Waals surface area contributed by atoms with Gasteiger partial charge in [0.2, 0.25) is 5.78 Å². The third-order valence-electron chi connectivity index (χ3n) is 1.90. The van der Waals surface area contributed by atoms with Gasteiger partial charge in [0.25, 0.3) is 0 Å². The van der Waals surface area contributed by atoms with Crippen LogP contribution < -0.4 is 5.32 Å². The number of nitrogens with one attached hydrogen (secondary N) is 1. The second kappa shape index (κ2) is 3.57. The predicted molar refractivity (Wildman–Crippen MR) is 36.7 cm³/mol. The third-order valence-corrected chi connectivity index (χ3v) is 1.90. The predicted octanol–water partition coefficient (Wildman–Crippen LogP) is 0.0512. The fraction of sp³-hybridized carbons (Fsp3) is 0.714. The number of ketones is 1. The Hall–Kier alpha value is -0.770.